The lowest BCUT2D eigenvalue weighted by Crippen LogP contribution is -2.13. The maximum absolute atomic E-state index is 5.45. The molecule has 2 aromatic heterocycles. The summed E-state index contributed by atoms with van der Waals surface area (Å²) in [6, 6.07) is 2.01. The normalized spacial score (nSPS) is 16.3. The second-order valence-electron chi connectivity index (χ2n) is 4.49. The molecule has 1 aliphatic rings. The summed E-state index contributed by atoms with van der Waals surface area (Å²) in [5.41, 5.74) is 1.99. The molecule has 0 aliphatic heterocycles. The summed E-state index contributed by atoms with van der Waals surface area (Å²) in [6.45, 7) is 0. The van der Waals surface area contributed by atoms with E-state index in [0.717, 1.165) is 29.2 Å². The van der Waals surface area contributed by atoms with Crippen molar-refractivity contribution in [2.75, 3.05) is 7.11 Å². The first kappa shape index (κ1) is 9.70. The van der Waals surface area contributed by atoms with E-state index >= 15 is 0 Å². The van der Waals surface area contributed by atoms with Gasteiger partial charge in [0.15, 0.2) is 0 Å². The number of hydrogen-bond donors (Lipinski definition) is 0. The Bertz CT molecular complexity index is 500. The number of rotatable bonds is 3. The number of aromatic nitrogens is 1. The molecule has 1 saturated carbocycles. The van der Waals surface area contributed by atoms with Crippen LogP contribution in [0.3, 0.4) is 0 Å². The van der Waals surface area contributed by atoms with Gasteiger partial charge in [0.05, 0.1) is 19.6 Å². The van der Waals surface area contributed by atoms with E-state index in [-0.39, 0.29) is 0 Å². The molecule has 0 unspecified atom stereocenters. The maximum Gasteiger partial charge on any atom is 0.226 e. The zero-order valence-corrected chi connectivity index (χ0v) is 9.40. The van der Waals surface area contributed by atoms with Crippen LogP contribution in [0, 0.1) is 5.92 Å². The molecule has 2 heterocycles. The molecule has 0 atom stereocenters. The summed E-state index contributed by atoms with van der Waals surface area (Å²) >= 11 is 0. The van der Waals surface area contributed by atoms with Gasteiger partial charge in [-0.3, -0.25) is 0 Å². The van der Waals surface area contributed by atoms with E-state index in [0.29, 0.717) is 0 Å². The monoisotopic (exact) mass is 217 g/mol. The second-order valence-corrected chi connectivity index (χ2v) is 4.49. The number of furan rings is 1. The number of nitrogens with zero attached hydrogens (tertiary/aromatic N) is 1. The van der Waals surface area contributed by atoms with Crippen LogP contribution >= 0.6 is 0 Å². The van der Waals surface area contributed by atoms with Gasteiger partial charge in [-0.1, -0.05) is 19.3 Å². The summed E-state index contributed by atoms with van der Waals surface area (Å²) in [7, 11) is 1.66. The minimum atomic E-state index is 0.718. The highest BCUT2D eigenvalue weighted by atomic mass is 16.5. The number of ether oxygens (including phenoxy) is 1. The van der Waals surface area contributed by atoms with E-state index in [2.05, 4.69) is 4.98 Å². The number of pyridine rings is 1. The molecule has 0 radical (unpaired) electrons. The Morgan fingerprint density at radius 1 is 1.50 bits per heavy atom. The fourth-order valence-electron chi connectivity index (χ4n) is 2.23. The van der Waals surface area contributed by atoms with Crippen LogP contribution in [-0.2, 0) is 6.42 Å². The van der Waals surface area contributed by atoms with Crippen molar-refractivity contribution in [2.45, 2.75) is 25.7 Å². The summed E-state index contributed by atoms with van der Waals surface area (Å²) in [6.07, 6.45) is 8.73. The van der Waals surface area contributed by atoms with Crippen LogP contribution < -0.4 is 4.74 Å². The van der Waals surface area contributed by atoms with Gasteiger partial charge in [-0.25, -0.2) is 4.98 Å². The first-order valence-electron chi connectivity index (χ1n) is 5.77. The molecule has 2 aromatic rings. The molecule has 84 valence electrons. The van der Waals surface area contributed by atoms with Gasteiger partial charge in [0.1, 0.15) is 5.75 Å². The molecule has 3 nitrogen and oxygen atoms in total. The number of fused-ring (bicyclic) bond motifs is 1. The third-order valence-corrected chi connectivity index (χ3v) is 3.45. The van der Waals surface area contributed by atoms with Crippen molar-refractivity contribution in [3.8, 4) is 5.75 Å². The minimum absolute atomic E-state index is 0.718. The standard InChI is InChI=1S/C13H15NO2/c1-15-11-6-12-10(5-9-3-2-4-9)8-16-13(12)14-7-11/h6-9H,2-5H2,1H3. The molecule has 0 saturated heterocycles. The Balaban J connectivity index is 1.96. The van der Waals surface area contributed by atoms with Crippen molar-refractivity contribution in [1.29, 1.82) is 0 Å². The molecule has 3 heteroatoms. The number of hydrogen-bond acceptors (Lipinski definition) is 3. The van der Waals surface area contributed by atoms with Crippen LogP contribution in [0.15, 0.2) is 22.9 Å². The van der Waals surface area contributed by atoms with Gasteiger partial charge in [0, 0.05) is 10.9 Å². The van der Waals surface area contributed by atoms with Crippen LogP contribution in [0.4, 0.5) is 0 Å². The quantitative estimate of drug-likeness (QED) is 0.792. The highest BCUT2D eigenvalue weighted by Crippen LogP contribution is 2.33. The molecule has 0 spiro atoms. The van der Waals surface area contributed by atoms with Gasteiger partial charge < -0.3 is 9.15 Å². The van der Waals surface area contributed by atoms with Crippen LogP contribution in [0.5, 0.6) is 5.75 Å². The Hall–Kier alpha value is -1.51. The lowest BCUT2D eigenvalue weighted by atomic mass is 9.81. The van der Waals surface area contributed by atoms with E-state index in [1.165, 1.54) is 24.8 Å². The molecule has 0 bridgehead atoms. The molecule has 0 aromatic carbocycles. The Kier molecular flexibility index (Phi) is 2.31. The van der Waals surface area contributed by atoms with Crippen molar-refractivity contribution in [3.05, 3.63) is 24.1 Å². The minimum Gasteiger partial charge on any atom is -0.495 e. The van der Waals surface area contributed by atoms with Gasteiger partial charge in [0.2, 0.25) is 5.71 Å². The predicted octanol–water partition coefficient (Wildman–Crippen LogP) is 3.18. The van der Waals surface area contributed by atoms with E-state index < -0.39 is 0 Å². The van der Waals surface area contributed by atoms with Crippen molar-refractivity contribution in [2.24, 2.45) is 5.92 Å². The lowest BCUT2D eigenvalue weighted by molar-refractivity contribution is 0.314. The van der Waals surface area contributed by atoms with Crippen molar-refractivity contribution < 1.29 is 9.15 Å². The van der Waals surface area contributed by atoms with Gasteiger partial charge in [-0.05, 0) is 18.4 Å². The molecular formula is C13H15NO2. The summed E-state index contributed by atoms with van der Waals surface area (Å²) < 4.78 is 10.6. The first-order chi connectivity index (χ1) is 7.86. The second kappa shape index (κ2) is 3.81. The summed E-state index contributed by atoms with van der Waals surface area (Å²) in [5.74, 6) is 1.63. The Morgan fingerprint density at radius 3 is 3.06 bits per heavy atom. The van der Waals surface area contributed by atoms with Gasteiger partial charge in [0.25, 0.3) is 0 Å². The summed E-state index contributed by atoms with van der Waals surface area (Å²) in [4.78, 5) is 4.23. The Morgan fingerprint density at radius 2 is 2.38 bits per heavy atom. The van der Waals surface area contributed by atoms with Crippen LogP contribution in [0.25, 0.3) is 11.1 Å². The molecule has 0 amide bonds. The smallest absolute Gasteiger partial charge is 0.226 e. The zero-order valence-electron chi connectivity index (χ0n) is 9.40. The number of methoxy groups -OCH3 is 1. The lowest BCUT2D eigenvalue weighted by Gasteiger charge is -2.24. The average Bonchev–Trinajstić information content (AvgIpc) is 2.65. The predicted molar refractivity (Wildman–Crippen MR) is 61.6 cm³/mol. The summed E-state index contributed by atoms with van der Waals surface area (Å²) in [5, 5.41) is 1.10. The van der Waals surface area contributed by atoms with E-state index in [4.69, 9.17) is 9.15 Å². The van der Waals surface area contributed by atoms with Crippen LogP contribution in [-0.4, -0.2) is 12.1 Å². The van der Waals surface area contributed by atoms with Crippen LogP contribution in [0.1, 0.15) is 24.8 Å². The van der Waals surface area contributed by atoms with Crippen molar-refractivity contribution >= 4 is 11.1 Å². The fraction of sp³-hybridized carbons (Fsp3) is 0.462. The van der Waals surface area contributed by atoms with Crippen LogP contribution in [0.2, 0.25) is 0 Å². The third kappa shape index (κ3) is 1.56. The van der Waals surface area contributed by atoms with Crippen molar-refractivity contribution in [3.63, 3.8) is 0 Å². The van der Waals surface area contributed by atoms with E-state index in [1.54, 1.807) is 13.3 Å². The maximum atomic E-state index is 5.45. The SMILES string of the molecule is COc1cnc2occ(CC3CCC3)c2c1. The Labute approximate surface area is 94.4 Å². The molecule has 1 aliphatic carbocycles. The molecule has 0 N–H and O–H groups in total. The first-order valence-corrected chi connectivity index (χ1v) is 5.77. The molecule has 3 rings (SSSR count). The van der Waals surface area contributed by atoms with Gasteiger partial charge in [-0.2, -0.15) is 0 Å². The highest BCUT2D eigenvalue weighted by molar-refractivity contribution is 5.78. The van der Waals surface area contributed by atoms with Gasteiger partial charge in [-0.15, -0.1) is 0 Å². The van der Waals surface area contributed by atoms with E-state index in [1.807, 2.05) is 12.3 Å². The molecule has 1 fully saturated rings. The van der Waals surface area contributed by atoms with Crippen molar-refractivity contribution in [1.82, 2.24) is 4.98 Å². The zero-order chi connectivity index (χ0) is 11.0. The third-order valence-electron chi connectivity index (χ3n) is 3.45. The molecule has 16 heavy (non-hydrogen) atoms. The highest BCUT2D eigenvalue weighted by Gasteiger charge is 2.20. The average molecular weight is 217 g/mol. The van der Waals surface area contributed by atoms with E-state index in [9.17, 15) is 0 Å². The van der Waals surface area contributed by atoms with Gasteiger partial charge >= 0.3 is 0 Å². The largest absolute Gasteiger partial charge is 0.495 e. The topological polar surface area (TPSA) is 35.3 Å². The molecular weight excluding hydrogens is 202 g/mol. The fourth-order valence-corrected chi connectivity index (χ4v) is 2.23.